The Bertz CT molecular complexity index is 109. The van der Waals surface area contributed by atoms with Gasteiger partial charge in [0.05, 0.1) is 12.1 Å². The van der Waals surface area contributed by atoms with E-state index in [0.717, 1.165) is 18.6 Å². The minimum absolute atomic E-state index is 0.0483. The van der Waals surface area contributed by atoms with Crippen LogP contribution >= 0.6 is 11.8 Å². The van der Waals surface area contributed by atoms with E-state index in [1.807, 2.05) is 18.8 Å². The van der Waals surface area contributed by atoms with E-state index in [1.165, 1.54) is 0 Å². The van der Waals surface area contributed by atoms with Gasteiger partial charge in [0.2, 0.25) is 0 Å². The van der Waals surface area contributed by atoms with Crippen LogP contribution in [-0.4, -0.2) is 25.1 Å². The first-order valence-electron chi connectivity index (χ1n) is 3.41. The summed E-state index contributed by atoms with van der Waals surface area (Å²) in [6.45, 7) is 0. The molecule has 0 aromatic rings. The van der Waals surface area contributed by atoms with Gasteiger partial charge in [0.15, 0.2) is 0 Å². The number of nitriles is 1. The summed E-state index contributed by atoms with van der Waals surface area (Å²) in [7, 11) is 1.83. The maximum atomic E-state index is 8.51. The largest absolute Gasteiger partial charge is 0.305 e. The molecule has 10 heavy (non-hydrogen) atoms. The van der Waals surface area contributed by atoms with Gasteiger partial charge in [0.25, 0.3) is 0 Å². The van der Waals surface area contributed by atoms with Crippen molar-refractivity contribution < 1.29 is 0 Å². The summed E-state index contributed by atoms with van der Waals surface area (Å²) in [6.07, 6.45) is 4.18. The molecule has 0 fully saturated rings. The maximum Gasteiger partial charge on any atom is 0.0950 e. The first-order valence-corrected chi connectivity index (χ1v) is 4.80. The molecule has 3 heteroatoms. The topological polar surface area (TPSA) is 35.8 Å². The number of nitrogens with one attached hydrogen (secondary N) is 1. The predicted molar refractivity (Wildman–Crippen MR) is 46.1 cm³/mol. The van der Waals surface area contributed by atoms with E-state index in [-0.39, 0.29) is 6.04 Å². The van der Waals surface area contributed by atoms with Crippen molar-refractivity contribution in [3.8, 4) is 6.07 Å². The zero-order valence-corrected chi connectivity index (χ0v) is 7.37. The summed E-state index contributed by atoms with van der Waals surface area (Å²) < 4.78 is 0. The molecule has 0 saturated carbocycles. The molecule has 0 saturated heterocycles. The molecule has 0 aromatic heterocycles. The SMILES string of the molecule is CNC(C#N)CCCSC. The Balaban J connectivity index is 3.20. The van der Waals surface area contributed by atoms with Gasteiger partial charge in [-0.2, -0.15) is 17.0 Å². The van der Waals surface area contributed by atoms with E-state index >= 15 is 0 Å². The second-order valence-corrected chi connectivity index (χ2v) is 3.09. The third kappa shape index (κ3) is 4.66. The fourth-order valence-corrected chi connectivity index (χ4v) is 1.16. The Hall–Kier alpha value is -0.200. The average Bonchev–Trinajstić information content (AvgIpc) is 1.99. The van der Waals surface area contributed by atoms with Crippen molar-refractivity contribution in [3.63, 3.8) is 0 Å². The standard InChI is InChI=1S/C7H14N2S/c1-9-7(6-8)4-3-5-10-2/h7,9H,3-5H2,1-2H3. The zero-order valence-electron chi connectivity index (χ0n) is 6.55. The molecule has 0 bridgehead atoms. The second kappa shape index (κ2) is 6.91. The Morgan fingerprint density at radius 2 is 2.40 bits per heavy atom. The summed E-state index contributed by atoms with van der Waals surface area (Å²) in [5.41, 5.74) is 0. The van der Waals surface area contributed by atoms with Gasteiger partial charge in [-0.25, -0.2) is 0 Å². The number of hydrogen-bond acceptors (Lipinski definition) is 3. The molecule has 0 heterocycles. The highest BCUT2D eigenvalue weighted by Crippen LogP contribution is 2.01. The molecule has 1 unspecified atom stereocenters. The molecule has 0 rings (SSSR count). The van der Waals surface area contributed by atoms with Crippen molar-refractivity contribution in [2.45, 2.75) is 18.9 Å². The molecule has 0 amide bonds. The Kier molecular flexibility index (Phi) is 6.78. The van der Waals surface area contributed by atoms with Crippen molar-refractivity contribution in [2.75, 3.05) is 19.1 Å². The summed E-state index contributed by atoms with van der Waals surface area (Å²) in [5, 5.41) is 11.4. The van der Waals surface area contributed by atoms with Crippen molar-refractivity contribution >= 4 is 11.8 Å². The average molecular weight is 158 g/mol. The molecule has 58 valence electrons. The quantitative estimate of drug-likeness (QED) is 0.611. The van der Waals surface area contributed by atoms with Crippen LogP contribution in [-0.2, 0) is 0 Å². The molecular formula is C7H14N2S. The molecule has 0 aromatic carbocycles. The fourth-order valence-electron chi connectivity index (χ4n) is 0.705. The van der Waals surface area contributed by atoms with Crippen LogP contribution in [0.1, 0.15) is 12.8 Å². The van der Waals surface area contributed by atoms with Crippen LogP contribution < -0.4 is 5.32 Å². The van der Waals surface area contributed by atoms with E-state index in [4.69, 9.17) is 5.26 Å². The number of thioether (sulfide) groups is 1. The van der Waals surface area contributed by atoms with E-state index in [0.29, 0.717) is 0 Å². The second-order valence-electron chi connectivity index (χ2n) is 2.11. The molecular weight excluding hydrogens is 144 g/mol. The summed E-state index contributed by atoms with van der Waals surface area (Å²) in [6, 6.07) is 2.24. The number of hydrogen-bond donors (Lipinski definition) is 1. The lowest BCUT2D eigenvalue weighted by atomic mass is 10.2. The van der Waals surface area contributed by atoms with Crippen LogP contribution in [0.15, 0.2) is 0 Å². The van der Waals surface area contributed by atoms with E-state index in [1.54, 1.807) is 0 Å². The third-order valence-electron chi connectivity index (χ3n) is 1.35. The zero-order chi connectivity index (χ0) is 7.82. The summed E-state index contributed by atoms with van der Waals surface area (Å²) >= 11 is 1.83. The molecule has 0 radical (unpaired) electrons. The van der Waals surface area contributed by atoms with Crippen LogP contribution in [0.2, 0.25) is 0 Å². The summed E-state index contributed by atoms with van der Waals surface area (Å²) in [5.74, 6) is 1.15. The highest BCUT2D eigenvalue weighted by molar-refractivity contribution is 7.98. The summed E-state index contributed by atoms with van der Waals surface area (Å²) in [4.78, 5) is 0. The normalized spacial score (nSPS) is 12.5. The van der Waals surface area contributed by atoms with Crippen molar-refractivity contribution in [1.82, 2.24) is 5.32 Å². The lowest BCUT2D eigenvalue weighted by Crippen LogP contribution is -2.22. The minimum atomic E-state index is 0.0483. The molecule has 1 N–H and O–H groups in total. The van der Waals surface area contributed by atoms with Gasteiger partial charge in [0.1, 0.15) is 0 Å². The van der Waals surface area contributed by atoms with Gasteiger partial charge >= 0.3 is 0 Å². The minimum Gasteiger partial charge on any atom is -0.305 e. The van der Waals surface area contributed by atoms with Gasteiger partial charge in [-0.3, -0.25) is 0 Å². The Morgan fingerprint density at radius 1 is 1.70 bits per heavy atom. The van der Waals surface area contributed by atoms with E-state index in [9.17, 15) is 0 Å². The first-order chi connectivity index (χ1) is 4.85. The lowest BCUT2D eigenvalue weighted by molar-refractivity contribution is 0.617. The predicted octanol–water partition coefficient (Wildman–Crippen LogP) is 1.24. The number of nitrogens with zero attached hydrogens (tertiary/aromatic N) is 1. The van der Waals surface area contributed by atoms with Crippen molar-refractivity contribution in [2.24, 2.45) is 0 Å². The van der Waals surface area contributed by atoms with Gasteiger partial charge < -0.3 is 5.32 Å². The lowest BCUT2D eigenvalue weighted by Gasteiger charge is -2.04. The smallest absolute Gasteiger partial charge is 0.0950 e. The Labute approximate surface area is 67.0 Å². The first kappa shape index (κ1) is 9.80. The number of rotatable bonds is 5. The van der Waals surface area contributed by atoms with Crippen LogP contribution in [0, 0.1) is 11.3 Å². The molecule has 0 aliphatic heterocycles. The molecule has 1 atom stereocenters. The van der Waals surface area contributed by atoms with E-state index in [2.05, 4.69) is 17.6 Å². The van der Waals surface area contributed by atoms with Crippen molar-refractivity contribution in [1.29, 1.82) is 5.26 Å². The van der Waals surface area contributed by atoms with Gasteiger partial charge in [0, 0.05) is 0 Å². The third-order valence-corrected chi connectivity index (χ3v) is 2.04. The van der Waals surface area contributed by atoms with Gasteiger partial charge in [-0.15, -0.1) is 0 Å². The molecule has 0 aliphatic rings. The highest BCUT2D eigenvalue weighted by Gasteiger charge is 2.00. The van der Waals surface area contributed by atoms with Crippen LogP contribution in [0.4, 0.5) is 0 Å². The molecule has 0 spiro atoms. The molecule has 2 nitrogen and oxygen atoms in total. The van der Waals surface area contributed by atoms with Crippen molar-refractivity contribution in [3.05, 3.63) is 0 Å². The monoisotopic (exact) mass is 158 g/mol. The fraction of sp³-hybridized carbons (Fsp3) is 0.857. The highest BCUT2D eigenvalue weighted by atomic mass is 32.2. The van der Waals surface area contributed by atoms with Gasteiger partial charge in [-0.1, -0.05) is 0 Å². The van der Waals surface area contributed by atoms with Gasteiger partial charge in [-0.05, 0) is 31.9 Å². The van der Waals surface area contributed by atoms with Crippen LogP contribution in [0.5, 0.6) is 0 Å². The molecule has 0 aliphatic carbocycles. The van der Waals surface area contributed by atoms with Crippen LogP contribution in [0.3, 0.4) is 0 Å². The maximum absolute atomic E-state index is 8.51. The van der Waals surface area contributed by atoms with E-state index < -0.39 is 0 Å². The Morgan fingerprint density at radius 3 is 2.80 bits per heavy atom. The van der Waals surface area contributed by atoms with Crippen LogP contribution in [0.25, 0.3) is 0 Å².